The Morgan fingerprint density at radius 1 is 0.783 bits per heavy atom. The summed E-state index contributed by atoms with van der Waals surface area (Å²) in [7, 11) is 0. The molecule has 0 spiro atoms. The summed E-state index contributed by atoms with van der Waals surface area (Å²) in [6, 6.07) is 3.42. The standard InChI is InChI=1S/C16H12F5NO/c1-6-4-7(2)15(8(3)5-6)22-16(23)9-10(17)12(19)14(21)13(20)11(9)18/h4-5H,1-3H3,(H,22,23). The van der Waals surface area contributed by atoms with Gasteiger partial charge in [-0.25, -0.2) is 22.0 Å². The van der Waals surface area contributed by atoms with Gasteiger partial charge in [-0.2, -0.15) is 0 Å². The van der Waals surface area contributed by atoms with E-state index in [2.05, 4.69) is 5.32 Å². The van der Waals surface area contributed by atoms with Gasteiger partial charge in [0, 0.05) is 5.69 Å². The van der Waals surface area contributed by atoms with Gasteiger partial charge in [-0.3, -0.25) is 4.79 Å². The summed E-state index contributed by atoms with van der Waals surface area (Å²) >= 11 is 0. The van der Waals surface area contributed by atoms with Crippen molar-refractivity contribution in [2.45, 2.75) is 20.8 Å². The molecule has 2 aromatic rings. The van der Waals surface area contributed by atoms with Crippen molar-refractivity contribution in [1.29, 1.82) is 0 Å². The molecule has 0 unspecified atom stereocenters. The number of carbonyl (C=O) groups is 1. The van der Waals surface area contributed by atoms with E-state index in [4.69, 9.17) is 0 Å². The molecule has 2 aromatic carbocycles. The topological polar surface area (TPSA) is 29.1 Å². The second kappa shape index (κ2) is 5.98. The highest BCUT2D eigenvalue weighted by Crippen LogP contribution is 2.26. The third-order valence-corrected chi connectivity index (χ3v) is 3.35. The third kappa shape index (κ3) is 2.91. The van der Waals surface area contributed by atoms with E-state index in [0.29, 0.717) is 11.1 Å². The van der Waals surface area contributed by atoms with E-state index in [9.17, 15) is 26.7 Å². The minimum absolute atomic E-state index is 0.254. The van der Waals surface area contributed by atoms with Gasteiger partial charge in [0.1, 0.15) is 5.56 Å². The van der Waals surface area contributed by atoms with Gasteiger partial charge in [-0.15, -0.1) is 0 Å². The van der Waals surface area contributed by atoms with Crippen molar-refractivity contribution < 1.29 is 26.7 Å². The molecule has 1 N–H and O–H groups in total. The van der Waals surface area contributed by atoms with Crippen molar-refractivity contribution in [3.05, 3.63) is 63.5 Å². The number of carbonyl (C=O) groups excluding carboxylic acids is 1. The molecule has 0 saturated carbocycles. The fourth-order valence-electron chi connectivity index (χ4n) is 2.36. The van der Waals surface area contributed by atoms with Crippen molar-refractivity contribution in [2.75, 3.05) is 5.32 Å². The lowest BCUT2D eigenvalue weighted by atomic mass is 10.0. The van der Waals surface area contributed by atoms with E-state index < -0.39 is 40.6 Å². The number of halogens is 5. The molecule has 0 aliphatic heterocycles. The Balaban J connectivity index is 2.52. The monoisotopic (exact) mass is 329 g/mol. The molecule has 7 heteroatoms. The maximum Gasteiger partial charge on any atom is 0.261 e. The van der Waals surface area contributed by atoms with Crippen LogP contribution in [0.4, 0.5) is 27.6 Å². The van der Waals surface area contributed by atoms with Gasteiger partial charge in [-0.1, -0.05) is 17.7 Å². The van der Waals surface area contributed by atoms with Crippen LogP contribution in [0.2, 0.25) is 0 Å². The summed E-state index contributed by atoms with van der Waals surface area (Å²) in [6.07, 6.45) is 0. The summed E-state index contributed by atoms with van der Waals surface area (Å²) in [5.41, 5.74) is 0.832. The van der Waals surface area contributed by atoms with Crippen LogP contribution in [-0.4, -0.2) is 5.91 Å². The van der Waals surface area contributed by atoms with Gasteiger partial charge in [0.15, 0.2) is 23.3 Å². The molecule has 0 bridgehead atoms. The normalized spacial score (nSPS) is 10.8. The summed E-state index contributed by atoms with van der Waals surface area (Å²) in [5.74, 6) is -12.4. The first-order valence-corrected chi connectivity index (χ1v) is 6.55. The number of aryl methyl sites for hydroxylation is 3. The lowest BCUT2D eigenvalue weighted by molar-refractivity contribution is 0.101. The summed E-state index contributed by atoms with van der Waals surface area (Å²) < 4.78 is 66.6. The van der Waals surface area contributed by atoms with Crippen LogP contribution in [0.5, 0.6) is 0 Å². The van der Waals surface area contributed by atoms with E-state index in [0.717, 1.165) is 5.56 Å². The number of hydrogen-bond acceptors (Lipinski definition) is 1. The van der Waals surface area contributed by atoms with E-state index in [-0.39, 0.29) is 5.69 Å². The van der Waals surface area contributed by atoms with Crippen molar-refractivity contribution in [1.82, 2.24) is 0 Å². The lowest BCUT2D eigenvalue weighted by Crippen LogP contribution is -2.20. The Labute approximate surface area is 128 Å². The molecule has 122 valence electrons. The first-order valence-electron chi connectivity index (χ1n) is 6.55. The largest absolute Gasteiger partial charge is 0.321 e. The zero-order valence-electron chi connectivity index (χ0n) is 12.5. The summed E-state index contributed by atoms with van der Waals surface area (Å²) in [6.45, 7) is 5.11. The Morgan fingerprint density at radius 2 is 1.17 bits per heavy atom. The molecule has 1 amide bonds. The smallest absolute Gasteiger partial charge is 0.261 e. The highest BCUT2D eigenvalue weighted by molar-refractivity contribution is 6.05. The number of nitrogens with one attached hydrogen (secondary N) is 1. The molecule has 2 rings (SSSR count). The Morgan fingerprint density at radius 3 is 1.61 bits per heavy atom. The van der Waals surface area contributed by atoms with Gasteiger partial charge in [0.25, 0.3) is 5.91 Å². The van der Waals surface area contributed by atoms with Crippen molar-refractivity contribution in [3.8, 4) is 0 Å². The number of anilines is 1. The van der Waals surface area contributed by atoms with Crippen LogP contribution in [0.25, 0.3) is 0 Å². The number of hydrogen-bond donors (Lipinski definition) is 1. The van der Waals surface area contributed by atoms with Crippen LogP contribution < -0.4 is 5.32 Å². The molecule has 0 aromatic heterocycles. The highest BCUT2D eigenvalue weighted by Gasteiger charge is 2.30. The fraction of sp³-hybridized carbons (Fsp3) is 0.188. The number of benzene rings is 2. The molecule has 0 fully saturated rings. The minimum Gasteiger partial charge on any atom is -0.321 e. The average molecular weight is 329 g/mol. The zero-order chi connectivity index (χ0) is 17.5. The third-order valence-electron chi connectivity index (χ3n) is 3.35. The second-order valence-corrected chi connectivity index (χ2v) is 5.17. The first-order chi connectivity index (χ1) is 10.6. The molecule has 0 radical (unpaired) electrons. The van der Waals surface area contributed by atoms with Gasteiger partial charge >= 0.3 is 0 Å². The Bertz CT molecular complexity index is 765. The van der Waals surface area contributed by atoms with Crippen LogP contribution in [-0.2, 0) is 0 Å². The predicted octanol–water partition coefficient (Wildman–Crippen LogP) is 4.56. The molecule has 0 aliphatic carbocycles. The van der Waals surface area contributed by atoms with Crippen LogP contribution in [0.1, 0.15) is 27.0 Å². The molecule has 0 aliphatic rings. The SMILES string of the molecule is Cc1cc(C)c(NC(=O)c2c(F)c(F)c(F)c(F)c2F)c(C)c1. The van der Waals surface area contributed by atoms with Gasteiger partial charge < -0.3 is 5.32 Å². The number of amides is 1. The van der Waals surface area contributed by atoms with Crippen molar-refractivity contribution in [2.24, 2.45) is 0 Å². The quantitative estimate of drug-likeness (QED) is 0.488. The molecule has 0 heterocycles. The van der Waals surface area contributed by atoms with Crippen molar-refractivity contribution >= 4 is 11.6 Å². The van der Waals surface area contributed by atoms with E-state index >= 15 is 0 Å². The maximum atomic E-state index is 13.6. The predicted molar refractivity (Wildman–Crippen MR) is 74.8 cm³/mol. The average Bonchev–Trinajstić information content (AvgIpc) is 2.47. The minimum atomic E-state index is -2.31. The molecule has 23 heavy (non-hydrogen) atoms. The Hall–Kier alpha value is -2.44. The van der Waals surface area contributed by atoms with Gasteiger partial charge in [0.2, 0.25) is 5.82 Å². The highest BCUT2D eigenvalue weighted by atomic mass is 19.2. The van der Waals surface area contributed by atoms with Crippen LogP contribution >= 0.6 is 0 Å². The first kappa shape index (κ1) is 16.9. The molecule has 0 atom stereocenters. The molecular formula is C16H12F5NO. The van der Waals surface area contributed by atoms with Crippen molar-refractivity contribution in [3.63, 3.8) is 0 Å². The Kier molecular flexibility index (Phi) is 4.40. The molecule has 2 nitrogen and oxygen atoms in total. The second-order valence-electron chi connectivity index (χ2n) is 5.17. The molecular weight excluding hydrogens is 317 g/mol. The molecule has 0 saturated heterocycles. The van der Waals surface area contributed by atoms with Crippen LogP contribution in [0.15, 0.2) is 12.1 Å². The van der Waals surface area contributed by atoms with Crippen LogP contribution in [0, 0.1) is 49.9 Å². The van der Waals surface area contributed by atoms with E-state index in [1.54, 1.807) is 26.0 Å². The lowest BCUT2D eigenvalue weighted by Gasteiger charge is -2.14. The maximum absolute atomic E-state index is 13.6. The fourth-order valence-corrected chi connectivity index (χ4v) is 2.36. The van der Waals surface area contributed by atoms with Gasteiger partial charge in [-0.05, 0) is 31.9 Å². The zero-order valence-corrected chi connectivity index (χ0v) is 12.5. The van der Waals surface area contributed by atoms with Crippen LogP contribution in [0.3, 0.4) is 0 Å². The number of rotatable bonds is 2. The van der Waals surface area contributed by atoms with Gasteiger partial charge in [0.05, 0.1) is 0 Å². The summed E-state index contributed by atoms with van der Waals surface area (Å²) in [5, 5.41) is 2.20. The van der Waals surface area contributed by atoms with E-state index in [1.807, 2.05) is 6.92 Å². The van der Waals surface area contributed by atoms with E-state index in [1.165, 1.54) is 0 Å². The summed E-state index contributed by atoms with van der Waals surface area (Å²) in [4.78, 5) is 12.0.